The number of hydrogen-bond acceptors (Lipinski definition) is 5. The van der Waals surface area contributed by atoms with Gasteiger partial charge in [0, 0.05) is 24.3 Å². The SMILES string of the molecule is O=C1C=CC(=O)N1c1ccccc1.O=C1C=CC(=O)O1. The van der Waals surface area contributed by atoms with E-state index >= 15 is 0 Å². The summed E-state index contributed by atoms with van der Waals surface area (Å²) in [7, 11) is 0. The van der Waals surface area contributed by atoms with Gasteiger partial charge in [-0.1, -0.05) is 18.2 Å². The van der Waals surface area contributed by atoms with E-state index < -0.39 is 11.9 Å². The van der Waals surface area contributed by atoms with Crippen molar-refractivity contribution < 1.29 is 23.9 Å². The number of anilines is 1. The summed E-state index contributed by atoms with van der Waals surface area (Å²) >= 11 is 0. The van der Waals surface area contributed by atoms with Crippen molar-refractivity contribution >= 4 is 29.4 Å². The number of para-hydroxylation sites is 1. The average molecular weight is 271 g/mol. The van der Waals surface area contributed by atoms with Crippen molar-refractivity contribution in [2.45, 2.75) is 0 Å². The van der Waals surface area contributed by atoms with Crippen LogP contribution in [0.2, 0.25) is 0 Å². The van der Waals surface area contributed by atoms with Gasteiger partial charge < -0.3 is 4.74 Å². The lowest BCUT2D eigenvalue weighted by Crippen LogP contribution is -2.29. The molecule has 100 valence electrons. The minimum absolute atomic E-state index is 0.281. The van der Waals surface area contributed by atoms with Crippen molar-refractivity contribution in [2.75, 3.05) is 4.90 Å². The zero-order valence-corrected chi connectivity index (χ0v) is 10.2. The van der Waals surface area contributed by atoms with Crippen molar-refractivity contribution in [1.29, 1.82) is 0 Å². The highest BCUT2D eigenvalue weighted by atomic mass is 16.6. The monoisotopic (exact) mass is 271 g/mol. The fourth-order valence-corrected chi connectivity index (χ4v) is 1.54. The van der Waals surface area contributed by atoms with Gasteiger partial charge >= 0.3 is 11.9 Å². The highest BCUT2D eigenvalue weighted by Crippen LogP contribution is 2.17. The summed E-state index contributed by atoms with van der Waals surface area (Å²) in [5.41, 5.74) is 0.613. The number of benzene rings is 1. The van der Waals surface area contributed by atoms with Gasteiger partial charge in [-0.3, -0.25) is 9.59 Å². The number of carbonyl (C=O) groups is 4. The summed E-state index contributed by atoms with van der Waals surface area (Å²) in [5.74, 6) is -1.72. The molecular formula is C14H9NO5. The van der Waals surface area contributed by atoms with Crippen LogP contribution in [0.1, 0.15) is 0 Å². The van der Waals surface area contributed by atoms with Gasteiger partial charge in [-0.05, 0) is 12.1 Å². The zero-order chi connectivity index (χ0) is 14.5. The Bertz CT molecular complexity index is 596. The molecule has 2 aliphatic rings. The molecule has 1 aromatic carbocycles. The van der Waals surface area contributed by atoms with E-state index in [1.54, 1.807) is 24.3 Å². The van der Waals surface area contributed by atoms with E-state index in [9.17, 15) is 19.2 Å². The first-order valence-corrected chi connectivity index (χ1v) is 5.63. The second kappa shape index (κ2) is 5.75. The van der Waals surface area contributed by atoms with Crippen molar-refractivity contribution in [3.05, 3.63) is 54.6 Å². The third kappa shape index (κ3) is 3.05. The molecule has 3 rings (SSSR count). The third-order valence-corrected chi connectivity index (χ3v) is 2.38. The summed E-state index contributed by atoms with van der Waals surface area (Å²) in [6.45, 7) is 0. The van der Waals surface area contributed by atoms with Gasteiger partial charge in [0.05, 0.1) is 5.69 Å². The Morgan fingerprint density at radius 2 is 1.20 bits per heavy atom. The molecule has 0 saturated heterocycles. The van der Waals surface area contributed by atoms with Crippen LogP contribution in [-0.4, -0.2) is 23.8 Å². The lowest BCUT2D eigenvalue weighted by molar-refractivity contribution is -0.150. The molecule has 2 heterocycles. The van der Waals surface area contributed by atoms with E-state index in [2.05, 4.69) is 4.74 Å². The van der Waals surface area contributed by atoms with Crippen LogP contribution in [0.3, 0.4) is 0 Å². The smallest absolute Gasteiger partial charge is 0.338 e. The number of carbonyl (C=O) groups excluding carboxylic acids is 4. The lowest BCUT2D eigenvalue weighted by Gasteiger charge is -2.12. The average Bonchev–Trinajstić information content (AvgIpc) is 2.97. The van der Waals surface area contributed by atoms with Crippen LogP contribution in [-0.2, 0) is 23.9 Å². The topological polar surface area (TPSA) is 80.8 Å². The molecule has 0 aliphatic carbocycles. The van der Waals surface area contributed by atoms with Gasteiger partial charge in [0.25, 0.3) is 11.8 Å². The maximum Gasteiger partial charge on any atom is 0.338 e. The van der Waals surface area contributed by atoms with E-state index in [1.807, 2.05) is 6.07 Å². The van der Waals surface area contributed by atoms with Gasteiger partial charge in [0.2, 0.25) is 0 Å². The molecule has 0 spiro atoms. The minimum Gasteiger partial charge on any atom is -0.387 e. The molecule has 6 heteroatoms. The summed E-state index contributed by atoms with van der Waals surface area (Å²) in [4.78, 5) is 43.4. The predicted molar refractivity (Wildman–Crippen MR) is 68.3 cm³/mol. The molecule has 2 aliphatic heterocycles. The zero-order valence-electron chi connectivity index (χ0n) is 10.2. The summed E-state index contributed by atoms with van der Waals surface area (Å²) in [5, 5.41) is 0. The Kier molecular flexibility index (Phi) is 3.85. The summed E-state index contributed by atoms with van der Waals surface area (Å²) in [6, 6.07) is 8.86. The maximum absolute atomic E-state index is 11.2. The van der Waals surface area contributed by atoms with Crippen molar-refractivity contribution in [2.24, 2.45) is 0 Å². The van der Waals surface area contributed by atoms with Crippen LogP contribution in [0.15, 0.2) is 54.6 Å². The molecule has 0 saturated carbocycles. The van der Waals surface area contributed by atoms with Crippen molar-refractivity contribution in [1.82, 2.24) is 0 Å². The van der Waals surface area contributed by atoms with Gasteiger partial charge in [0.1, 0.15) is 0 Å². The van der Waals surface area contributed by atoms with Crippen molar-refractivity contribution in [3.8, 4) is 0 Å². The molecule has 6 nitrogen and oxygen atoms in total. The van der Waals surface area contributed by atoms with Crippen LogP contribution < -0.4 is 4.90 Å². The number of rotatable bonds is 1. The third-order valence-electron chi connectivity index (χ3n) is 2.38. The van der Waals surface area contributed by atoms with E-state index in [0.29, 0.717) is 5.69 Å². The molecule has 0 fully saturated rings. The molecule has 0 radical (unpaired) electrons. The minimum atomic E-state index is -0.579. The summed E-state index contributed by atoms with van der Waals surface area (Å²) in [6.07, 6.45) is 4.72. The molecule has 0 atom stereocenters. The first-order chi connectivity index (χ1) is 9.58. The van der Waals surface area contributed by atoms with Crippen LogP contribution in [0, 0.1) is 0 Å². The molecule has 0 N–H and O–H groups in total. The van der Waals surface area contributed by atoms with Gasteiger partial charge in [0.15, 0.2) is 0 Å². The number of amides is 2. The maximum atomic E-state index is 11.2. The summed E-state index contributed by atoms with van der Waals surface area (Å²) < 4.78 is 3.97. The molecular weight excluding hydrogens is 262 g/mol. The van der Waals surface area contributed by atoms with E-state index in [-0.39, 0.29) is 11.8 Å². The van der Waals surface area contributed by atoms with E-state index in [4.69, 9.17) is 0 Å². The Morgan fingerprint density at radius 3 is 1.60 bits per heavy atom. The molecule has 20 heavy (non-hydrogen) atoms. The second-order valence-electron chi connectivity index (χ2n) is 3.75. The van der Waals surface area contributed by atoms with Gasteiger partial charge in [-0.25, -0.2) is 14.5 Å². The number of ether oxygens (including phenoxy) is 1. The standard InChI is InChI=1S/C10H7NO2.C4H2O3/c12-9-6-7-10(13)11(9)8-4-2-1-3-5-8;5-3-1-2-4(6)7-3/h1-7H;1-2H. The predicted octanol–water partition coefficient (Wildman–Crippen LogP) is 0.742. The molecule has 0 bridgehead atoms. The number of esters is 2. The van der Waals surface area contributed by atoms with Gasteiger partial charge in [-0.15, -0.1) is 0 Å². The molecule has 0 aromatic heterocycles. The first kappa shape index (κ1) is 13.4. The van der Waals surface area contributed by atoms with E-state index in [0.717, 1.165) is 17.1 Å². The molecule has 1 aromatic rings. The van der Waals surface area contributed by atoms with Gasteiger partial charge in [-0.2, -0.15) is 0 Å². The van der Waals surface area contributed by atoms with E-state index in [1.165, 1.54) is 12.2 Å². The molecule has 0 unspecified atom stereocenters. The number of cyclic esters (lactones) is 2. The Morgan fingerprint density at radius 1 is 0.700 bits per heavy atom. The second-order valence-corrected chi connectivity index (χ2v) is 3.75. The quantitative estimate of drug-likeness (QED) is 0.427. The normalized spacial score (nSPS) is 16.3. The first-order valence-electron chi connectivity index (χ1n) is 5.63. The fraction of sp³-hybridized carbons (Fsp3) is 0. The van der Waals surface area contributed by atoms with Crippen molar-refractivity contribution in [3.63, 3.8) is 0 Å². The van der Waals surface area contributed by atoms with Crippen LogP contribution in [0.5, 0.6) is 0 Å². The Hall–Kier alpha value is -3.02. The van der Waals surface area contributed by atoms with Crippen LogP contribution in [0.25, 0.3) is 0 Å². The largest absolute Gasteiger partial charge is 0.387 e. The Balaban J connectivity index is 0.000000178. The Labute approximate surface area is 113 Å². The van der Waals surface area contributed by atoms with Crippen LogP contribution >= 0.6 is 0 Å². The highest BCUT2D eigenvalue weighted by molar-refractivity contribution is 6.28. The lowest BCUT2D eigenvalue weighted by atomic mass is 10.3. The molecule has 2 amide bonds. The fourth-order valence-electron chi connectivity index (χ4n) is 1.54. The number of imide groups is 1. The van der Waals surface area contributed by atoms with Crippen LogP contribution in [0.4, 0.5) is 5.69 Å². The highest BCUT2D eigenvalue weighted by Gasteiger charge is 2.24. The number of hydrogen-bond donors (Lipinski definition) is 0. The number of nitrogens with zero attached hydrogens (tertiary/aromatic N) is 1.